The van der Waals surface area contributed by atoms with E-state index < -0.39 is 0 Å². The highest BCUT2D eigenvalue weighted by Crippen LogP contribution is 2.20. The molecule has 0 spiro atoms. The normalized spacial score (nSPS) is 10.5. The predicted octanol–water partition coefficient (Wildman–Crippen LogP) is 2.78. The molecule has 0 bridgehead atoms. The topological polar surface area (TPSA) is 41.1 Å². The summed E-state index contributed by atoms with van der Waals surface area (Å²) in [4.78, 5) is 4.46. The zero-order chi connectivity index (χ0) is 11.0. The van der Waals surface area contributed by atoms with Crippen molar-refractivity contribution in [3.63, 3.8) is 0 Å². The molecule has 0 atom stereocenters. The van der Waals surface area contributed by atoms with Crippen LogP contribution in [0.5, 0.6) is 0 Å². The van der Waals surface area contributed by atoms with Crippen molar-refractivity contribution in [3.8, 4) is 6.07 Å². The summed E-state index contributed by atoms with van der Waals surface area (Å²) in [5.41, 5.74) is 3.94. The smallest absolute Gasteiger partial charge is 0.140 e. The van der Waals surface area contributed by atoms with E-state index in [0.717, 1.165) is 27.1 Å². The molecule has 2 aromatic rings. The Balaban J connectivity index is 2.81. The Hall–Kier alpha value is -1.34. The van der Waals surface area contributed by atoms with E-state index in [2.05, 4.69) is 27.0 Å². The lowest BCUT2D eigenvalue weighted by Crippen LogP contribution is -1.94. The van der Waals surface area contributed by atoms with Gasteiger partial charge in [0.25, 0.3) is 0 Å². The molecule has 4 heteroatoms. The third-order valence-corrected chi connectivity index (χ3v) is 2.85. The van der Waals surface area contributed by atoms with Crippen LogP contribution in [0.1, 0.15) is 17.0 Å². The van der Waals surface area contributed by atoms with E-state index in [1.54, 1.807) is 0 Å². The van der Waals surface area contributed by atoms with Gasteiger partial charge in [-0.1, -0.05) is 0 Å². The molecule has 15 heavy (non-hydrogen) atoms. The summed E-state index contributed by atoms with van der Waals surface area (Å²) in [6, 6.07) is 4.19. The Kier molecular flexibility index (Phi) is 2.49. The largest absolute Gasteiger partial charge is 0.301 e. The molecule has 76 valence electrons. The van der Waals surface area contributed by atoms with E-state index in [1.807, 2.05) is 30.5 Å². The summed E-state index contributed by atoms with van der Waals surface area (Å²) < 4.78 is 2.99. The molecule has 0 unspecified atom stereocenters. The summed E-state index contributed by atoms with van der Waals surface area (Å²) >= 11 is 3.45. The molecule has 0 N–H and O–H groups in total. The molecule has 2 rings (SSSR count). The lowest BCUT2D eigenvalue weighted by molar-refractivity contribution is 1.03. The minimum Gasteiger partial charge on any atom is -0.301 e. The molecular weight excluding hydrogens is 254 g/mol. The Morgan fingerprint density at radius 3 is 2.93 bits per heavy atom. The monoisotopic (exact) mass is 263 g/mol. The van der Waals surface area contributed by atoms with Crippen LogP contribution < -0.4 is 0 Å². The molecule has 0 radical (unpaired) electrons. The van der Waals surface area contributed by atoms with Gasteiger partial charge in [-0.3, -0.25) is 0 Å². The van der Waals surface area contributed by atoms with Crippen LogP contribution >= 0.6 is 15.9 Å². The molecular formula is C11H10BrN3. The molecule has 2 aromatic heterocycles. The number of nitrogens with zero attached hydrogens (tertiary/aromatic N) is 3. The number of aromatic nitrogens is 2. The van der Waals surface area contributed by atoms with Crippen LogP contribution in [-0.2, 0) is 6.42 Å². The summed E-state index contributed by atoms with van der Waals surface area (Å²) in [6.45, 7) is 3.95. The highest BCUT2D eigenvalue weighted by Gasteiger charge is 2.10. The van der Waals surface area contributed by atoms with E-state index in [0.29, 0.717) is 6.42 Å². The first-order chi connectivity index (χ1) is 7.13. The van der Waals surface area contributed by atoms with Crippen LogP contribution in [0.25, 0.3) is 5.65 Å². The number of rotatable bonds is 1. The molecule has 2 heterocycles. The number of aryl methyl sites for hydroxylation is 2. The van der Waals surface area contributed by atoms with E-state index >= 15 is 0 Å². The van der Waals surface area contributed by atoms with Crippen molar-refractivity contribution in [2.24, 2.45) is 0 Å². The average Bonchev–Trinajstić information content (AvgIpc) is 2.46. The summed E-state index contributed by atoms with van der Waals surface area (Å²) in [7, 11) is 0. The number of nitriles is 1. The van der Waals surface area contributed by atoms with Crippen molar-refractivity contribution >= 4 is 21.6 Å². The standard InChI is InChI=1S/C11H10BrN3/c1-7-5-9(12)6-15-10(3-4-13)8(2)14-11(7)15/h5-6H,3H2,1-2H3. The van der Waals surface area contributed by atoms with Gasteiger partial charge in [0.1, 0.15) is 5.65 Å². The minimum absolute atomic E-state index is 0.392. The summed E-state index contributed by atoms with van der Waals surface area (Å²) in [5, 5.41) is 8.76. The minimum atomic E-state index is 0.392. The van der Waals surface area contributed by atoms with Crippen molar-refractivity contribution in [2.45, 2.75) is 20.3 Å². The average molecular weight is 264 g/mol. The first kappa shape index (κ1) is 10.2. The Bertz CT molecular complexity index is 563. The number of fused-ring (bicyclic) bond motifs is 1. The Morgan fingerprint density at radius 2 is 2.27 bits per heavy atom. The maximum Gasteiger partial charge on any atom is 0.140 e. The second-order valence-corrected chi connectivity index (χ2v) is 4.43. The maximum absolute atomic E-state index is 8.76. The molecule has 0 aliphatic carbocycles. The first-order valence-corrected chi connectivity index (χ1v) is 5.43. The van der Waals surface area contributed by atoms with Gasteiger partial charge >= 0.3 is 0 Å². The van der Waals surface area contributed by atoms with Crippen LogP contribution in [0.2, 0.25) is 0 Å². The van der Waals surface area contributed by atoms with Gasteiger partial charge in [0.15, 0.2) is 0 Å². The van der Waals surface area contributed by atoms with E-state index in [-0.39, 0.29) is 0 Å². The number of halogens is 1. The third kappa shape index (κ3) is 1.64. The van der Waals surface area contributed by atoms with Crippen molar-refractivity contribution in [1.82, 2.24) is 9.38 Å². The van der Waals surface area contributed by atoms with Crippen LogP contribution in [-0.4, -0.2) is 9.38 Å². The Morgan fingerprint density at radius 1 is 1.53 bits per heavy atom. The molecule has 0 aliphatic heterocycles. The van der Waals surface area contributed by atoms with Gasteiger partial charge in [-0.2, -0.15) is 5.26 Å². The van der Waals surface area contributed by atoms with Gasteiger partial charge in [-0.05, 0) is 41.4 Å². The number of hydrogen-bond donors (Lipinski definition) is 0. The van der Waals surface area contributed by atoms with Crippen LogP contribution in [0.4, 0.5) is 0 Å². The van der Waals surface area contributed by atoms with Gasteiger partial charge < -0.3 is 4.40 Å². The van der Waals surface area contributed by atoms with Crippen LogP contribution in [0.15, 0.2) is 16.7 Å². The Labute approximate surface area is 96.5 Å². The van der Waals surface area contributed by atoms with E-state index in [9.17, 15) is 0 Å². The molecule has 0 saturated heterocycles. The lowest BCUT2D eigenvalue weighted by atomic mass is 10.2. The second-order valence-electron chi connectivity index (χ2n) is 3.51. The zero-order valence-electron chi connectivity index (χ0n) is 8.58. The lowest BCUT2D eigenvalue weighted by Gasteiger charge is -2.01. The van der Waals surface area contributed by atoms with Crippen LogP contribution in [0, 0.1) is 25.2 Å². The van der Waals surface area contributed by atoms with Crippen molar-refractivity contribution in [2.75, 3.05) is 0 Å². The fourth-order valence-electron chi connectivity index (χ4n) is 1.72. The molecule has 3 nitrogen and oxygen atoms in total. The van der Waals surface area contributed by atoms with Gasteiger partial charge in [-0.25, -0.2) is 4.98 Å². The highest BCUT2D eigenvalue weighted by molar-refractivity contribution is 9.10. The molecule has 0 amide bonds. The third-order valence-electron chi connectivity index (χ3n) is 2.42. The fraction of sp³-hybridized carbons (Fsp3) is 0.273. The zero-order valence-corrected chi connectivity index (χ0v) is 10.2. The van der Waals surface area contributed by atoms with Gasteiger partial charge in [0, 0.05) is 10.7 Å². The molecule has 0 aliphatic rings. The van der Waals surface area contributed by atoms with E-state index in [1.165, 1.54) is 0 Å². The van der Waals surface area contributed by atoms with Gasteiger partial charge in [0.2, 0.25) is 0 Å². The molecule has 0 aromatic carbocycles. The van der Waals surface area contributed by atoms with Crippen molar-refractivity contribution < 1.29 is 0 Å². The fourth-order valence-corrected chi connectivity index (χ4v) is 2.26. The van der Waals surface area contributed by atoms with Gasteiger partial charge in [0.05, 0.1) is 23.9 Å². The van der Waals surface area contributed by atoms with Gasteiger partial charge in [-0.15, -0.1) is 0 Å². The highest BCUT2D eigenvalue weighted by atomic mass is 79.9. The van der Waals surface area contributed by atoms with Crippen molar-refractivity contribution in [3.05, 3.63) is 33.7 Å². The number of hydrogen-bond acceptors (Lipinski definition) is 2. The van der Waals surface area contributed by atoms with Crippen molar-refractivity contribution in [1.29, 1.82) is 5.26 Å². The predicted molar refractivity (Wildman–Crippen MR) is 61.7 cm³/mol. The quantitative estimate of drug-likeness (QED) is 0.794. The second kappa shape index (κ2) is 3.67. The first-order valence-electron chi connectivity index (χ1n) is 4.64. The number of pyridine rings is 1. The van der Waals surface area contributed by atoms with E-state index in [4.69, 9.17) is 5.26 Å². The van der Waals surface area contributed by atoms with Crippen LogP contribution in [0.3, 0.4) is 0 Å². The maximum atomic E-state index is 8.76. The molecule has 0 saturated carbocycles. The molecule has 0 fully saturated rings. The summed E-state index contributed by atoms with van der Waals surface area (Å²) in [6.07, 6.45) is 2.35. The number of imidazole rings is 1. The SMILES string of the molecule is Cc1nc2c(C)cc(Br)cn2c1CC#N. The summed E-state index contributed by atoms with van der Waals surface area (Å²) in [5.74, 6) is 0.